The third-order valence-corrected chi connectivity index (χ3v) is 5.23. The Hall–Kier alpha value is -1.47. The molecule has 2 aliphatic rings. The smallest absolute Gasteiger partial charge is 0.253 e. The highest BCUT2D eigenvalue weighted by molar-refractivity contribution is 7.88. The minimum Gasteiger partial charge on any atom is -0.339 e. The van der Waals surface area contributed by atoms with Gasteiger partial charge in [0.25, 0.3) is 5.91 Å². The van der Waals surface area contributed by atoms with Gasteiger partial charge in [0.15, 0.2) is 0 Å². The van der Waals surface area contributed by atoms with Crippen molar-refractivity contribution in [3.63, 3.8) is 0 Å². The second kappa shape index (κ2) is 5.06. The molecule has 1 atom stereocenters. The Balaban J connectivity index is 1.58. The molecule has 1 aromatic rings. The number of piperidine rings is 1. The van der Waals surface area contributed by atoms with Crippen molar-refractivity contribution in [2.75, 3.05) is 19.3 Å². The summed E-state index contributed by atoms with van der Waals surface area (Å²) in [7, 11) is -3.15. The van der Waals surface area contributed by atoms with Crippen molar-refractivity contribution in [3.8, 4) is 0 Å². The van der Waals surface area contributed by atoms with Crippen molar-refractivity contribution in [3.05, 3.63) is 30.1 Å². The van der Waals surface area contributed by atoms with E-state index >= 15 is 0 Å². The number of carbonyl (C=O) groups excluding carboxylic acids is 1. The van der Waals surface area contributed by atoms with E-state index < -0.39 is 10.0 Å². The topological polar surface area (TPSA) is 79.4 Å². The minimum atomic E-state index is -3.15. The summed E-state index contributed by atoms with van der Waals surface area (Å²) in [5, 5.41) is 0. The number of amides is 1. The number of pyridine rings is 1. The quantitative estimate of drug-likeness (QED) is 0.888. The van der Waals surface area contributed by atoms with Gasteiger partial charge in [-0.15, -0.1) is 0 Å². The van der Waals surface area contributed by atoms with Crippen LogP contribution in [0.5, 0.6) is 0 Å². The Morgan fingerprint density at radius 1 is 1.33 bits per heavy atom. The van der Waals surface area contributed by atoms with E-state index in [4.69, 9.17) is 0 Å². The number of carbonyl (C=O) groups is 1. The molecule has 0 aromatic carbocycles. The van der Waals surface area contributed by atoms with Gasteiger partial charge in [0.2, 0.25) is 10.0 Å². The van der Waals surface area contributed by atoms with E-state index in [0.717, 1.165) is 19.3 Å². The highest BCUT2D eigenvalue weighted by Crippen LogP contribution is 2.54. The van der Waals surface area contributed by atoms with Gasteiger partial charge in [0.1, 0.15) is 0 Å². The molecule has 1 unspecified atom stereocenters. The van der Waals surface area contributed by atoms with Crippen LogP contribution in [0.25, 0.3) is 0 Å². The first-order valence-corrected chi connectivity index (χ1v) is 8.95. The van der Waals surface area contributed by atoms with Crippen LogP contribution in [0, 0.1) is 5.41 Å². The number of aromatic nitrogens is 1. The molecule has 2 fully saturated rings. The average molecular weight is 309 g/mol. The first kappa shape index (κ1) is 14.5. The average Bonchev–Trinajstić information content (AvgIpc) is 3.09. The third-order valence-electron chi connectivity index (χ3n) is 4.52. The highest BCUT2D eigenvalue weighted by atomic mass is 32.2. The molecule has 1 N–H and O–H groups in total. The lowest BCUT2D eigenvalue weighted by atomic mass is 9.92. The fourth-order valence-corrected chi connectivity index (χ4v) is 4.01. The van der Waals surface area contributed by atoms with Crippen molar-refractivity contribution in [2.45, 2.75) is 25.3 Å². The molecule has 1 aromatic heterocycles. The van der Waals surface area contributed by atoms with Crippen LogP contribution in [0.4, 0.5) is 0 Å². The minimum absolute atomic E-state index is 0.0283. The maximum atomic E-state index is 12.3. The summed E-state index contributed by atoms with van der Waals surface area (Å²) in [4.78, 5) is 18.1. The Labute approximate surface area is 124 Å². The molecule has 1 aliphatic carbocycles. The number of nitrogens with one attached hydrogen (secondary N) is 1. The van der Waals surface area contributed by atoms with E-state index in [0.29, 0.717) is 18.7 Å². The molecule has 1 amide bonds. The summed E-state index contributed by atoms with van der Waals surface area (Å²) in [6.07, 6.45) is 7.03. The molecule has 21 heavy (non-hydrogen) atoms. The van der Waals surface area contributed by atoms with Gasteiger partial charge in [-0.2, -0.15) is 0 Å². The van der Waals surface area contributed by atoms with Crippen LogP contribution in [0.3, 0.4) is 0 Å². The van der Waals surface area contributed by atoms with Crippen molar-refractivity contribution in [1.29, 1.82) is 0 Å². The Bertz CT molecular complexity index is 637. The molecule has 6 nitrogen and oxygen atoms in total. The van der Waals surface area contributed by atoms with E-state index in [1.54, 1.807) is 24.5 Å². The summed E-state index contributed by atoms with van der Waals surface area (Å²) in [6, 6.07) is 3.49. The molecule has 0 bridgehead atoms. The number of rotatable bonds is 3. The number of sulfonamides is 1. The standard InChI is InChI=1S/C14H19N3O3S/c1-21(19,20)16-12-10-14(12)4-8-17(9-5-14)13(18)11-2-6-15-7-3-11/h2-3,6-7,12,16H,4-5,8-10H2,1H3. The maximum absolute atomic E-state index is 12.3. The Morgan fingerprint density at radius 3 is 2.52 bits per heavy atom. The first-order chi connectivity index (χ1) is 9.90. The number of likely N-dealkylation sites (tertiary alicyclic amines) is 1. The van der Waals surface area contributed by atoms with E-state index in [2.05, 4.69) is 9.71 Å². The Kier molecular flexibility index (Phi) is 3.49. The van der Waals surface area contributed by atoms with Crippen molar-refractivity contribution >= 4 is 15.9 Å². The van der Waals surface area contributed by atoms with E-state index in [1.807, 2.05) is 4.90 Å². The highest BCUT2D eigenvalue weighted by Gasteiger charge is 2.56. The summed E-state index contributed by atoms with van der Waals surface area (Å²) in [5.41, 5.74) is 0.723. The fourth-order valence-electron chi connectivity index (χ4n) is 3.16. The normalized spacial score (nSPS) is 24.0. The molecule has 1 spiro atoms. The summed E-state index contributed by atoms with van der Waals surface area (Å²) in [6.45, 7) is 1.37. The molecular weight excluding hydrogens is 290 g/mol. The predicted molar refractivity (Wildman–Crippen MR) is 78.2 cm³/mol. The summed E-state index contributed by atoms with van der Waals surface area (Å²) in [5.74, 6) is 0.0283. The predicted octanol–water partition coefficient (Wildman–Crippen LogP) is 0.625. The SMILES string of the molecule is CS(=O)(=O)NC1CC12CCN(C(=O)c1ccncc1)CC2. The van der Waals surface area contributed by atoms with Gasteiger partial charge in [0.05, 0.1) is 6.26 Å². The molecule has 1 saturated heterocycles. The van der Waals surface area contributed by atoms with Crippen molar-refractivity contribution < 1.29 is 13.2 Å². The number of hydrogen-bond acceptors (Lipinski definition) is 4. The molecule has 1 aliphatic heterocycles. The lowest BCUT2D eigenvalue weighted by Crippen LogP contribution is -2.41. The summed E-state index contributed by atoms with van der Waals surface area (Å²) < 4.78 is 25.3. The molecule has 114 valence electrons. The van der Waals surface area contributed by atoms with Gasteiger partial charge in [-0.3, -0.25) is 9.78 Å². The van der Waals surface area contributed by atoms with Crippen LogP contribution in [0.15, 0.2) is 24.5 Å². The third kappa shape index (κ3) is 3.08. The first-order valence-electron chi connectivity index (χ1n) is 7.06. The van der Waals surface area contributed by atoms with Crippen LogP contribution in [-0.2, 0) is 10.0 Å². The monoisotopic (exact) mass is 309 g/mol. The molecule has 0 radical (unpaired) electrons. The number of hydrogen-bond donors (Lipinski definition) is 1. The fraction of sp³-hybridized carbons (Fsp3) is 0.571. The van der Waals surface area contributed by atoms with Gasteiger partial charge >= 0.3 is 0 Å². The molecular formula is C14H19N3O3S. The molecule has 2 heterocycles. The van der Waals surface area contributed by atoms with Gasteiger partial charge < -0.3 is 4.90 Å². The van der Waals surface area contributed by atoms with Crippen molar-refractivity contribution in [2.24, 2.45) is 5.41 Å². The van der Waals surface area contributed by atoms with Crippen molar-refractivity contribution in [1.82, 2.24) is 14.6 Å². The van der Waals surface area contributed by atoms with E-state index in [9.17, 15) is 13.2 Å². The lowest BCUT2D eigenvalue weighted by Gasteiger charge is -2.33. The van der Waals surface area contributed by atoms with Crippen LogP contribution in [0.2, 0.25) is 0 Å². The van der Waals surface area contributed by atoms with E-state index in [1.165, 1.54) is 6.26 Å². The van der Waals surface area contributed by atoms with Crippen LogP contribution >= 0.6 is 0 Å². The van der Waals surface area contributed by atoms with Gasteiger partial charge in [0, 0.05) is 37.1 Å². The second-order valence-electron chi connectivity index (χ2n) is 6.04. The van der Waals surface area contributed by atoms with Crippen LogP contribution in [-0.4, -0.2) is 49.6 Å². The van der Waals surface area contributed by atoms with Crippen LogP contribution < -0.4 is 4.72 Å². The zero-order valence-electron chi connectivity index (χ0n) is 11.9. The summed E-state index contributed by atoms with van der Waals surface area (Å²) >= 11 is 0. The zero-order chi connectivity index (χ0) is 15.1. The van der Waals surface area contributed by atoms with Gasteiger partial charge in [-0.05, 0) is 36.8 Å². The van der Waals surface area contributed by atoms with Crippen LogP contribution in [0.1, 0.15) is 29.6 Å². The number of nitrogens with zero attached hydrogens (tertiary/aromatic N) is 2. The maximum Gasteiger partial charge on any atom is 0.253 e. The second-order valence-corrected chi connectivity index (χ2v) is 7.82. The lowest BCUT2D eigenvalue weighted by molar-refractivity contribution is 0.0674. The largest absolute Gasteiger partial charge is 0.339 e. The molecule has 1 saturated carbocycles. The molecule has 3 rings (SSSR count). The van der Waals surface area contributed by atoms with Gasteiger partial charge in [-0.25, -0.2) is 13.1 Å². The Morgan fingerprint density at radius 2 is 1.95 bits per heavy atom. The zero-order valence-corrected chi connectivity index (χ0v) is 12.8. The van der Waals surface area contributed by atoms with Gasteiger partial charge in [-0.1, -0.05) is 0 Å². The molecule has 7 heteroatoms. The van der Waals surface area contributed by atoms with E-state index in [-0.39, 0.29) is 17.4 Å².